The fourth-order valence-corrected chi connectivity index (χ4v) is 2.37. The Morgan fingerprint density at radius 2 is 1.26 bits per heavy atom. The van der Waals surface area contributed by atoms with E-state index in [0.717, 1.165) is 12.8 Å². The zero-order valence-corrected chi connectivity index (χ0v) is 12.3. The number of rotatable bonds is 9. The third-order valence-electron chi connectivity index (χ3n) is 3.67. The molecular weight excluding hydrogens is 242 g/mol. The van der Waals surface area contributed by atoms with Gasteiger partial charge in [-0.2, -0.15) is 0 Å². The smallest absolute Gasteiger partial charge is 0.162 e. The minimum Gasteiger partial charge on any atom is -0.203 e. The van der Waals surface area contributed by atoms with Crippen molar-refractivity contribution in [2.45, 2.75) is 71.6 Å². The highest BCUT2D eigenvalue weighted by Gasteiger charge is 2.11. The van der Waals surface area contributed by atoms with Crippen molar-refractivity contribution in [1.29, 1.82) is 0 Å². The number of benzene rings is 1. The summed E-state index contributed by atoms with van der Waals surface area (Å²) in [5, 5.41) is 0. The van der Waals surface area contributed by atoms with E-state index in [4.69, 9.17) is 0 Å². The van der Waals surface area contributed by atoms with Crippen LogP contribution in [-0.4, -0.2) is 0 Å². The van der Waals surface area contributed by atoms with E-state index in [1.54, 1.807) is 12.1 Å². The molecule has 0 saturated carbocycles. The average molecular weight is 268 g/mol. The summed E-state index contributed by atoms with van der Waals surface area (Å²) in [6, 6.07) is 3.46. The second kappa shape index (κ2) is 9.06. The molecule has 19 heavy (non-hydrogen) atoms. The summed E-state index contributed by atoms with van der Waals surface area (Å²) in [4.78, 5) is 0. The van der Waals surface area contributed by atoms with Gasteiger partial charge in [-0.15, -0.1) is 0 Å². The number of hydrogen-bond donors (Lipinski definition) is 0. The molecule has 0 atom stereocenters. The predicted octanol–water partition coefficient (Wildman–Crippen LogP) is 5.82. The molecular formula is C17H26F2. The molecule has 0 aliphatic rings. The van der Waals surface area contributed by atoms with Gasteiger partial charge in [-0.1, -0.05) is 64.5 Å². The van der Waals surface area contributed by atoms with E-state index in [2.05, 4.69) is 6.92 Å². The fourth-order valence-electron chi connectivity index (χ4n) is 2.37. The first-order valence-electron chi connectivity index (χ1n) is 7.66. The molecule has 0 fully saturated rings. The minimum atomic E-state index is -0.650. The molecule has 0 aromatic heterocycles. The maximum absolute atomic E-state index is 13.7. The lowest BCUT2D eigenvalue weighted by Gasteiger charge is -2.07. The van der Waals surface area contributed by atoms with Crippen LogP contribution in [0.4, 0.5) is 8.78 Å². The van der Waals surface area contributed by atoms with Gasteiger partial charge in [0.2, 0.25) is 0 Å². The number of halogens is 2. The molecule has 2 heteroatoms. The monoisotopic (exact) mass is 268 g/mol. The van der Waals surface area contributed by atoms with E-state index in [-0.39, 0.29) is 0 Å². The van der Waals surface area contributed by atoms with Gasteiger partial charge in [0.1, 0.15) is 0 Å². The van der Waals surface area contributed by atoms with E-state index in [1.165, 1.54) is 32.1 Å². The van der Waals surface area contributed by atoms with Crippen LogP contribution in [0.15, 0.2) is 12.1 Å². The summed E-state index contributed by atoms with van der Waals surface area (Å²) in [6.45, 7) is 4.05. The van der Waals surface area contributed by atoms with Gasteiger partial charge in [0.25, 0.3) is 0 Å². The first-order valence-corrected chi connectivity index (χ1v) is 7.66. The van der Waals surface area contributed by atoms with Crippen LogP contribution < -0.4 is 0 Å². The Labute approximate surface area is 116 Å². The zero-order chi connectivity index (χ0) is 14.1. The molecule has 0 nitrogen and oxygen atoms in total. The summed E-state index contributed by atoms with van der Waals surface area (Å²) in [6.07, 6.45) is 9.59. The van der Waals surface area contributed by atoms with Gasteiger partial charge >= 0.3 is 0 Å². The summed E-state index contributed by atoms with van der Waals surface area (Å²) in [5.74, 6) is -1.28. The van der Waals surface area contributed by atoms with Crippen molar-refractivity contribution in [3.8, 4) is 0 Å². The molecule has 0 saturated heterocycles. The molecule has 0 aliphatic heterocycles. The minimum absolute atomic E-state index is 0.473. The summed E-state index contributed by atoms with van der Waals surface area (Å²) in [7, 11) is 0. The lowest BCUT2D eigenvalue weighted by molar-refractivity contribution is 0.487. The van der Waals surface area contributed by atoms with Crippen molar-refractivity contribution in [3.05, 3.63) is 34.9 Å². The SMILES string of the molecule is CCCCCCCCCc1ccc(CC)c(F)c1F. The molecule has 1 aromatic carbocycles. The number of aryl methyl sites for hydroxylation is 2. The second-order valence-electron chi connectivity index (χ2n) is 5.24. The molecule has 0 heterocycles. The number of hydrogen-bond acceptors (Lipinski definition) is 0. The van der Waals surface area contributed by atoms with Gasteiger partial charge in [0.15, 0.2) is 11.6 Å². The molecule has 108 valence electrons. The van der Waals surface area contributed by atoms with E-state index in [1.807, 2.05) is 6.92 Å². The highest BCUT2D eigenvalue weighted by Crippen LogP contribution is 2.19. The third-order valence-corrected chi connectivity index (χ3v) is 3.67. The van der Waals surface area contributed by atoms with Crippen LogP contribution in [0.5, 0.6) is 0 Å². The predicted molar refractivity (Wildman–Crippen MR) is 77.4 cm³/mol. The van der Waals surface area contributed by atoms with Crippen molar-refractivity contribution >= 4 is 0 Å². The van der Waals surface area contributed by atoms with Crippen LogP contribution in [0.3, 0.4) is 0 Å². The van der Waals surface area contributed by atoms with Gasteiger partial charge < -0.3 is 0 Å². The summed E-state index contributed by atoms with van der Waals surface area (Å²) in [5.41, 5.74) is 1.00. The van der Waals surface area contributed by atoms with Crippen molar-refractivity contribution in [2.75, 3.05) is 0 Å². The van der Waals surface area contributed by atoms with Crippen LogP contribution in [0.2, 0.25) is 0 Å². The maximum atomic E-state index is 13.7. The largest absolute Gasteiger partial charge is 0.203 e. The van der Waals surface area contributed by atoms with Gasteiger partial charge in [-0.05, 0) is 30.4 Å². The van der Waals surface area contributed by atoms with Crippen LogP contribution in [-0.2, 0) is 12.8 Å². The van der Waals surface area contributed by atoms with Gasteiger partial charge in [-0.3, -0.25) is 0 Å². The Kier molecular flexibility index (Phi) is 7.69. The lowest BCUT2D eigenvalue weighted by Crippen LogP contribution is -1.99. The third kappa shape index (κ3) is 5.30. The summed E-state index contributed by atoms with van der Waals surface area (Å²) < 4.78 is 27.4. The molecule has 0 amide bonds. The molecule has 0 radical (unpaired) electrons. The molecule has 1 aromatic rings. The fraction of sp³-hybridized carbons (Fsp3) is 0.647. The lowest BCUT2D eigenvalue weighted by atomic mass is 10.0. The van der Waals surface area contributed by atoms with Crippen LogP contribution in [0, 0.1) is 11.6 Å². The van der Waals surface area contributed by atoms with E-state index in [0.29, 0.717) is 24.0 Å². The van der Waals surface area contributed by atoms with Gasteiger partial charge in [0, 0.05) is 0 Å². The van der Waals surface area contributed by atoms with Crippen LogP contribution in [0.25, 0.3) is 0 Å². The van der Waals surface area contributed by atoms with Crippen molar-refractivity contribution in [2.24, 2.45) is 0 Å². The Bertz CT molecular complexity index is 372. The van der Waals surface area contributed by atoms with Crippen molar-refractivity contribution in [3.63, 3.8) is 0 Å². The Morgan fingerprint density at radius 3 is 1.89 bits per heavy atom. The Balaban J connectivity index is 2.32. The van der Waals surface area contributed by atoms with Gasteiger partial charge in [0.05, 0.1) is 0 Å². The molecule has 0 unspecified atom stereocenters. The van der Waals surface area contributed by atoms with E-state index < -0.39 is 11.6 Å². The highest BCUT2D eigenvalue weighted by atomic mass is 19.2. The van der Waals surface area contributed by atoms with Gasteiger partial charge in [-0.25, -0.2) is 8.78 Å². The standard InChI is InChI=1S/C17H26F2/c1-3-5-6-7-8-9-10-11-15-13-12-14(4-2)16(18)17(15)19/h12-13H,3-11H2,1-2H3. The average Bonchev–Trinajstić information content (AvgIpc) is 2.42. The summed E-state index contributed by atoms with van der Waals surface area (Å²) >= 11 is 0. The highest BCUT2D eigenvalue weighted by molar-refractivity contribution is 5.26. The van der Waals surface area contributed by atoms with Crippen molar-refractivity contribution < 1.29 is 8.78 Å². The molecule has 0 spiro atoms. The zero-order valence-electron chi connectivity index (χ0n) is 12.3. The maximum Gasteiger partial charge on any atom is 0.162 e. The first kappa shape index (κ1) is 16.1. The van der Waals surface area contributed by atoms with Crippen LogP contribution >= 0.6 is 0 Å². The normalized spacial score (nSPS) is 10.9. The quantitative estimate of drug-likeness (QED) is 0.495. The first-order chi connectivity index (χ1) is 9.20. The Morgan fingerprint density at radius 1 is 0.737 bits per heavy atom. The van der Waals surface area contributed by atoms with Crippen LogP contribution in [0.1, 0.15) is 69.9 Å². The van der Waals surface area contributed by atoms with E-state index >= 15 is 0 Å². The topological polar surface area (TPSA) is 0 Å². The second-order valence-corrected chi connectivity index (χ2v) is 5.24. The molecule has 0 aliphatic carbocycles. The molecule has 1 rings (SSSR count). The molecule has 0 N–H and O–H groups in total. The van der Waals surface area contributed by atoms with Crippen molar-refractivity contribution in [1.82, 2.24) is 0 Å². The Hall–Kier alpha value is -0.920. The number of unbranched alkanes of at least 4 members (excludes halogenated alkanes) is 6. The van der Waals surface area contributed by atoms with E-state index in [9.17, 15) is 8.78 Å². The molecule has 0 bridgehead atoms.